The Morgan fingerprint density at radius 2 is 1.80 bits per heavy atom. The molecule has 188 valence electrons. The van der Waals surface area contributed by atoms with Crippen molar-refractivity contribution in [1.29, 1.82) is 0 Å². The summed E-state index contributed by atoms with van der Waals surface area (Å²) in [4.78, 5) is 27.6. The lowest BCUT2D eigenvalue weighted by atomic mass is 9.62. The lowest BCUT2D eigenvalue weighted by molar-refractivity contribution is -0.157. The second-order valence-corrected chi connectivity index (χ2v) is 12.5. The molecule has 35 heavy (non-hydrogen) atoms. The number of amides is 1. The molecule has 0 aromatic heterocycles. The summed E-state index contributed by atoms with van der Waals surface area (Å²) in [6, 6.07) is 8.38. The molecule has 0 aliphatic carbocycles. The minimum Gasteiger partial charge on any atom is -0.459 e. The minimum absolute atomic E-state index is 0.0744. The molecule has 0 bridgehead atoms. The van der Waals surface area contributed by atoms with Gasteiger partial charge in [-0.1, -0.05) is 62.2 Å². The van der Waals surface area contributed by atoms with Gasteiger partial charge in [0.2, 0.25) is 5.91 Å². The van der Waals surface area contributed by atoms with E-state index in [2.05, 4.69) is 31.4 Å². The van der Waals surface area contributed by atoms with Crippen LogP contribution >= 0.6 is 23.2 Å². The minimum atomic E-state index is -1.29. The van der Waals surface area contributed by atoms with Gasteiger partial charge in [0.15, 0.2) is 0 Å². The molecule has 0 radical (unpaired) electrons. The first kappa shape index (κ1) is 25.9. The highest BCUT2D eigenvalue weighted by Crippen LogP contribution is 2.57. The molecule has 2 aliphatic heterocycles. The number of ether oxygens (including phenoxy) is 1. The summed E-state index contributed by atoms with van der Waals surface area (Å²) in [6.07, 6.45) is 0.542. The molecule has 0 saturated carbocycles. The van der Waals surface area contributed by atoms with Gasteiger partial charge in [0.25, 0.3) is 0 Å². The van der Waals surface area contributed by atoms with Gasteiger partial charge in [-0.25, -0.2) is 4.39 Å². The van der Waals surface area contributed by atoms with E-state index >= 15 is 4.39 Å². The Labute approximate surface area is 215 Å². The Morgan fingerprint density at radius 1 is 1.11 bits per heavy atom. The summed E-state index contributed by atoms with van der Waals surface area (Å²) in [7, 11) is 0. The van der Waals surface area contributed by atoms with Gasteiger partial charge >= 0.3 is 5.97 Å². The van der Waals surface area contributed by atoms with E-state index in [0.717, 1.165) is 0 Å². The number of hydrogen-bond donors (Lipinski definition) is 2. The van der Waals surface area contributed by atoms with Crippen LogP contribution in [0.15, 0.2) is 36.4 Å². The topological polar surface area (TPSA) is 67.4 Å². The van der Waals surface area contributed by atoms with E-state index < -0.39 is 40.8 Å². The van der Waals surface area contributed by atoms with E-state index in [1.807, 2.05) is 0 Å². The summed E-state index contributed by atoms with van der Waals surface area (Å²) in [5, 5.41) is 6.75. The van der Waals surface area contributed by atoms with E-state index in [4.69, 9.17) is 27.9 Å². The summed E-state index contributed by atoms with van der Waals surface area (Å²) < 4.78 is 21.4. The Bertz CT molecular complexity index is 1190. The van der Waals surface area contributed by atoms with Crippen LogP contribution < -0.4 is 10.6 Å². The largest absolute Gasteiger partial charge is 0.459 e. The van der Waals surface area contributed by atoms with E-state index in [9.17, 15) is 9.59 Å². The number of carbonyl (C=O) groups is 2. The van der Waals surface area contributed by atoms with Gasteiger partial charge in [0, 0.05) is 22.7 Å². The first-order valence-corrected chi connectivity index (χ1v) is 12.4. The maximum Gasteiger partial charge on any atom is 0.324 e. The fraction of sp³-hybridized carbons (Fsp3) is 0.481. The third-order valence-corrected chi connectivity index (χ3v) is 7.13. The van der Waals surface area contributed by atoms with E-state index in [0.29, 0.717) is 22.7 Å². The van der Waals surface area contributed by atoms with Crippen LogP contribution in [0.2, 0.25) is 10.0 Å². The highest BCUT2D eigenvalue weighted by Gasteiger charge is 2.66. The van der Waals surface area contributed by atoms with Crippen molar-refractivity contribution in [2.45, 2.75) is 77.0 Å². The predicted molar refractivity (Wildman–Crippen MR) is 137 cm³/mol. The fourth-order valence-electron chi connectivity index (χ4n) is 5.49. The Kier molecular flexibility index (Phi) is 6.48. The van der Waals surface area contributed by atoms with Crippen LogP contribution in [0.5, 0.6) is 0 Å². The highest BCUT2D eigenvalue weighted by atomic mass is 35.5. The molecule has 1 fully saturated rings. The Balaban J connectivity index is 2.01. The lowest BCUT2D eigenvalue weighted by Crippen LogP contribution is -2.49. The number of rotatable bonds is 3. The Morgan fingerprint density at radius 3 is 2.43 bits per heavy atom. The molecule has 1 saturated heterocycles. The van der Waals surface area contributed by atoms with Gasteiger partial charge in [-0.05, 0) is 61.9 Å². The number of carbonyl (C=O) groups excluding carboxylic acids is 2. The monoisotopic (exact) mass is 520 g/mol. The molecular weight excluding hydrogens is 490 g/mol. The molecule has 5 nitrogen and oxygen atoms in total. The normalized spacial score (nSPS) is 26.1. The van der Waals surface area contributed by atoms with Crippen molar-refractivity contribution in [1.82, 2.24) is 5.32 Å². The molecule has 2 aliphatic rings. The number of fused-ring (bicyclic) bond motifs is 2. The Hall–Kier alpha value is -2.15. The first-order valence-electron chi connectivity index (χ1n) is 11.7. The molecule has 2 heterocycles. The van der Waals surface area contributed by atoms with E-state index in [1.165, 1.54) is 6.07 Å². The number of hydrogen-bond acceptors (Lipinski definition) is 4. The van der Waals surface area contributed by atoms with Crippen molar-refractivity contribution in [3.63, 3.8) is 0 Å². The number of benzene rings is 2. The summed E-state index contributed by atoms with van der Waals surface area (Å²) in [5.74, 6) is -2.42. The van der Waals surface area contributed by atoms with Crippen LogP contribution in [0.25, 0.3) is 0 Å². The van der Waals surface area contributed by atoms with Crippen molar-refractivity contribution < 1.29 is 18.7 Å². The molecule has 4 rings (SSSR count). The smallest absolute Gasteiger partial charge is 0.324 e. The number of nitrogens with one attached hydrogen (secondary N) is 2. The number of halogens is 3. The van der Waals surface area contributed by atoms with E-state index in [1.54, 1.807) is 51.1 Å². The molecule has 8 heteroatoms. The highest BCUT2D eigenvalue weighted by molar-refractivity contribution is 6.31. The third kappa shape index (κ3) is 4.56. The zero-order chi connectivity index (χ0) is 25.9. The zero-order valence-electron chi connectivity index (χ0n) is 20.8. The van der Waals surface area contributed by atoms with Crippen LogP contribution in [-0.2, 0) is 19.7 Å². The van der Waals surface area contributed by atoms with E-state index in [-0.39, 0.29) is 21.9 Å². The second-order valence-electron chi connectivity index (χ2n) is 11.6. The molecule has 2 aromatic rings. The van der Waals surface area contributed by atoms with Crippen molar-refractivity contribution >= 4 is 40.8 Å². The van der Waals surface area contributed by atoms with Gasteiger partial charge in [-0.2, -0.15) is 0 Å². The van der Waals surface area contributed by atoms with Gasteiger partial charge in [0.05, 0.1) is 5.02 Å². The molecule has 1 amide bonds. The lowest BCUT2D eigenvalue weighted by Gasteiger charge is -2.37. The zero-order valence-corrected chi connectivity index (χ0v) is 22.3. The maximum atomic E-state index is 15.6. The second kappa shape index (κ2) is 8.75. The van der Waals surface area contributed by atoms with Crippen LogP contribution in [-0.4, -0.2) is 29.6 Å². The SMILES string of the molecule is CC(C)(C)C[C@@H]1NC(C(=O)OC(C)(C)C)[C@@H](c2cccc(Cl)c2F)C12C(=O)Nc1cc(Cl)ccc12. The molecule has 2 aromatic carbocycles. The van der Waals surface area contributed by atoms with Gasteiger partial charge in [-0.3, -0.25) is 14.9 Å². The van der Waals surface area contributed by atoms with Crippen molar-refractivity contribution in [2.75, 3.05) is 5.32 Å². The predicted octanol–water partition coefficient (Wildman–Crippen LogP) is 6.22. The average molecular weight is 521 g/mol. The quantitative estimate of drug-likeness (QED) is 0.471. The first-order chi connectivity index (χ1) is 16.1. The van der Waals surface area contributed by atoms with Gasteiger partial charge < -0.3 is 10.1 Å². The van der Waals surface area contributed by atoms with Crippen molar-refractivity contribution in [3.05, 3.63) is 63.4 Å². The number of anilines is 1. The third-order valence-electron chi connectivity index (χ3n) is 6.60. The maximum absolute atomic E-state index is 15.6. The van der Waals surface area contributed by atoms with Crippen molar-refractivity contribution in [2.24, 2.45) is 5.41 Å². The van der Waals surface area contributed by atoms with Crippen LogP contribution in [0, 0.1) is 11.2 Å². The number of esters is 1. The standard InChI is InChI=1S/C27H31Cl2FN2O3/c1-25(2,3)13-19-27(16-11-10-14(28)12-18(16)31-24(27)34)20(15-8-7-9-17(29)21(15)30)22(32-19)23(33)35-26(4,5)6/h7-12,19-20,22,32H,13H2,1-6H3,(H,31,34)/t19-,20+,22?,27?/m0/s1. The van der Waals surface area contributed by atoms with Crippen molar-refractivity contribution in [3.8, 4) is 0 Å². The molecule has 2 unspecified atom stereocenters. The van der Waals surface area contributed by atoms with Gasteiger partial charge in [0.1, 0.15) is 22.9 Å². The van der Waals surface area contributed by atoms with Crippen LogP contribution in [0.4, 0.5) is 10.1 Å². The average Bonchev–Trinajstić information content (AvgIpc) is 3.17. The van der Waals surface area contributed by atoms with Crippen LogP contribution in [0.1, 0.15) is 65.0 Å². The summed E-state index contributed by atoms with van der Waals surface area (Å²) in [5.41, 5.74) is -0.852. The molecular formula is C27H31Cl2FN2O3. The fourth-order valence-corrected chi connectivity index (χ4v) is 5.85. The summed E-state index contributed by atoms with van der Waals surface area (Å²) >= 11 is 12.4. The van der Waals surface area contributed by atoms with Gasteiger partial charge in [-0.15, -0.1) is 0 Å². The molecule has 2 N–H and O–H groups in total. The van der Waals surface area contributed by atoms with Crippen LogP contribution in [0.3, 0.4) is 0 Å². The molecule has 1 spiro atoms. The molecule has 4 atom stereocenters. The summed E-state index contributed by atoms with van der Waals surface area (Å²) in [6.45, 7) is 11.5.